The molecule has 0 saturated heterocycles. The molecule has 2 rings (SSSR count). The van der Waals surface area contributed by atoms with Crippen LogP contribution >= 0.6 is 0 Å². The van der Waals surface area contributed by atoms with Gasteiger partial charge in [0, 0.05) is 31.1 Å². The average molecular weight is 285 g/mol. The van der Waals surface area contributed by atoms with Gasteiger partial charge in [-0.1, -0.05) is 39.0 Å². The summed E-state index contributed by atoms with van der Waals surface area (Å²) in [6, 6.07) is 10.6. The largest absolute Gasteiger partial charge is 0.359 e. The van der Waals surface area contributed by atoms with E-state index in [1.807, 2.05) is 0 Å². The molecule has 0 fully saturated rings. The van der Waals surface area contributed by atoms with E-state index in [4.69, 9.17) is 4.98 Å². The van der Waals surface area contributed by atoms with Crippen molar-refractivity contribution in [1.82, 2.24) is 10.3 Å². The zero-order valence-corrected chi connectivity index (χ0v) is 13.7. The predicted octanol–water partition coefficient (Wildman–Crippen LogP) is 3.83. The Labute approximate surface area is 128 Å². The molecule has 0 amide bonds. The maximum Gasteiger partial charge on any atom is 0.133 e. The minimum atomic E-state index is 0.713. The van der Waals surface area contributed by atoms with E-state index in [1.54, 1.807) is 0 Å². The van der Waals surface area contributed by atoms with Gasteiger partial charge in [0.15, 0.2) is 0 Å². The number of pyridine rings is 1. The van der Waals surface area contributed by atoms with Gasteiger partial charge in [-0.25, -0.2) is 4.98 Å². The number of hydrogen-bond donors (Lipinski definition) is 1. The highest BCUT2D eigenvalue weighted by molar-refractivity contribution is 5.81. The standard InChI is InChI=1S/C18H27N3/c1-5-19-13-16-12-15-8-6-7-9-17(15)20-18(16)21(4)11-10-14(2)3/h6-9,12,14,19H,5,10-11,13H2,1-4H3. The summed E-state index contributed by atoms with van der Waals surface area (Å²) in [4.78, 5) is 7.18. The molecule has 0 radical (unpaired) electrons. The fraction of sp³-hybridized carbons (Fsp3) is 0.500. The molecule has 1 heterocycles. The number of nitrogens with zero attached hydrogens (tertiary/aromatic N) is 2. The van der Waals surface area contributed by atoms with Crippen LogP contribution in [0.15, 0.2) is 30.3 Å². The van der Waals surface area contributed by atoms with E-state index in [1.165, 1.54) is 17.4 Å². The third kappa shape index (κ3) is 4.18. The molecule has 3 nitrogen and oxygen atoms in total. The van der Waals surface area contributed by atoms with E-state index in [-0.39, 0.29) is 0 Å². The molecular formula is C18H27N3. The Morgan fingerprint density at radius 2 is 2.00 bits per heavy atom. The Kier molecular flexibility index (Phi) is 5.57. The van der Waals surface area contributed by atoms with E-state index in [0.29, 0.717) is 5.92 Å². The van der Waals surface area contributed by atoms with Gasteiger partial charge in [0.2, 0.25) is 0 Å². The van der Waals surface area contributed by atoms with E-state index in [0.717, 1.165) is 31.0 Å². The van der Waals surface area contributed by atoms with Crippen LogP contribution < -0.4 is 10.2 Å². The lowest BCUT2D eigenvalue weighted by Gasteiger charge is -2.23. The van der Waals surface area contributed by atoms with Crippen molar-refractivity contribution in [3.63, 3.8) is 0 Å². The van der Waals surface area contributed by atoms with Crippen molar-refractivity contribution < 1.29 is 0 Å². The number of fused-ring (bicyclic) bond motifs is 1. The summed E-state index contributed by atoms with van der Waals surface area (Å²) in [5.74, 6) is 1.82. The Balaban J connectivity index is 2.33. The monoisotopic (exact) mass is 285 g/mol. The maximum atomic E-state index is 4.89. The highest BCUT2D eigenvalue weighted by Gasteiger charge is 2.11. The summed E-state index contributed by atoms with van der Waals surface area (Å²) < 4.78 is 0. The third-order valence-corrected chi connectivity index (χ3v) is 3.75. The number of aromatic nitrogens is 1. The fourth-order valence-electron chi connectivity index (χ4n) is 2.43. The van der Waals surface area contributed by atoms with Gasteiger partial charge in [-0.3, -0.25) is 0 Å². The van der Waals surface area contributed by atoms with Crippen LogP contribution in [0.1, 0.15) is 32.8 Å². The molecule has 3 heteroatoms. The number of rotatable bonds is 7. The Morgan fingerprint density at radius 3 is 2.71 bits per heavy atom. The molecule has 0 saturated carbocycles. The van der Waals surface area contributed by atoms with Gasteiger partial charge < -0.3 is 10.2 Å². The number of nitrogens with one attached hydrogen (secondary N) is 1. The first-order chi connectivity index (χ1) is 10.1. The Morgan fingerprint density at radius 1 is 1.24 bits per heavy atom. The zero-order valence-electron chi connectivity index (χ0n) is 13.7. The third-order valence-electron chi connectivity index (χ3n) is 3.75. The second kappa shape index (κ2) is 7.41. The summed E-state index contributed by atoms with van der Waals surface area (Å²) in [6.07, 6.45) is 1.19. The molecule has 0 aliphatic rings. The van der Waals surface area contributed by atoms with Gasteiger partial charge in [-0.05, 0) is 31.0 Å². The van der Waals surface area contributed by atoms with Crippen LogP contribution in [-0.2, 0) is 6.54 Å². The lowest BCUT2D eigenvalue weighted by atomic mass is 10.1. The van der Waals surface area contributed by atoms with Crippen LogP contribution in [0.3, 0.4) is 0 Å². The normalized spacial score (nSPS) is 11.3. The van der Waals surface area contributed by atoms with Gasteiger partial charge in [0.1, 0.15) is 5.82 Å². The van der Waals surface area contributed by atoms with Crippen molar-refractivity contribution in [1.29, 1.82) is 0 Å². The van der Waals surface area contributed by atoms with Crippen molar-refractivity contribution >= 4 is 16.7 Å². The second-order valence-corrected chi connectivity index (χ2v) is 6.05. The lowest BCUT2D eigenvalue weighted by molar-refractivity contribution is 0.582. The molecule has 1 aromatic carbocycles. The van der Waals surface area contributed by atoms with Gasteiger partial charge in [-0.2, -0.15) is 0 Å². The van der Waals surface area contributed by atoms with Crippen molar-refractivity contribution in [2.45, 2.75) is 33.7 Å². The van der Waals surface area contributed by atoms with Gasteiger partial charge >= 0.3 is 0 Å². The summed E-state index contributed by atoms with van der Waals surface area (Å²) in [5, 5.41) is 4.64. The van der Waals surface area contributed by atoms with Crippen molar-refractivity contribution in [3.8, 4) is 0 Å². The van der Waals surface area contributed by atoms with E-state index < -0.39 is 0 Å². The maximum absolute atomic E-state index is 4.89. The molecule has 2 aromatic rings. The molecular weight excluding hydrogens is 258 g/mol. The number of hydrogen-bond acceptors (Lipinski definition) is 3. The van der Waals surface area contributed by atoms with Crippen LogP contribution in [0.2, 0.25) is 0 Å². The van der Waals surface area contributed by atoms with Gasteiger partial charge in [0.25, 0.3) is 0 Å². The van der Waals surface area contributed by atoms with Crippen LogP contribution in [0.4, 0.5) is 5.82 Å². The molecule has 114 valence electrons. The van der Waals surface area contributed by atoms with Gasteiger partial charge in [-0.15, -0.1) is 0 Å². The first kappa shape index (κ1) is 15.8. The Bertz CT molecular complexity index is 578. The molecule has 0 atom stereocenters. The summed E-state index contributed by atoms with van der Waals surface area (Å²) in [6.45, 7) is 9.55. The number of benzene rings is 1. The minimum absolute atomic E-state index is 0.713. The fourth-order valence-corrected chi connectivity index (χ4v) is 2.43. The Hall–Kier alpha value is -1.61. The van der Waals surface area contributed by atoms with Crippen LogP contribution in [0, 0.1) is 5.92 Å². The SMILES string of the molecule is CCNCc1cc2ccccc2nc1N(C)CCC(C)C. The molecule has 0 aliphatic heterocycles. The van der Waals surface area contributed by atoms with Crippen LogP contribution in [0.5, 0.6) is 0 Å². The van der Waals surface area contributed by atoms with Crippen molar-refractivity contribution in [2.24, 2.45) is 5.92 Å². The molecule has 1 N–H and O–H groups in total. The number of para-hydroxylation sites is 1. The van der Waals surface area contributed by atoms with E-state index in [2.05, 4.69) is 68.4 Å². The summed E-state index contributed by atoms with van der Waals surface area (Å²) >= 11 is 0. The van der Waals surface area contributed by atoms with Crippen LogP contribution in [0.25, 0.3) is 10.9 Å². The van der Waals surface area contributed by atoms with E-state index in [9.17, 15) is 0 Å². The highest BCUT2D eigenvalue weighted by atomic mass is 15.2. The molecule has 0 bridgehead atoms. The predicted molar refractivity (Wildman–Crippen MR) is 91.8 cm³/mol. The second-order valence-electron chi connectivity index (χ2n) is 6.05. The first-order valence-electron chi connectivity index (χ1n) is 7.92. The first-order valence-corrected chi connectivity index (χ1v) is 7.92. The minimum Gasteiger partial charge on any atom is -0.359 e. The van der Waals surface area contributed by atoms with Gasteiger partial charge in [0.05, 0.1) is 5.52 Å². The molecule has 1 aromatic heterocycles. The summed E-state index contributed by atoms with van der Waals surface area (Å²) in [5.41, 5.74) is 2.35. The van der Waals surface area contributed by atoms with Crippen molar-refractivity contribution in [3.05, 3.63) is 35.9 Å². The quantitative estimate of drug-likeness (QED) is 0.838. The highest BCUT2D eigenvalue weighted by Crippen LogP contribution is 2.23. The smallest absolute Gasteiger partial charge is 0.133 e. The lowest BCUT2D eigenvalue weighted by Crippen LogP contribution is -2.24. The zero-order chi connectivity index (χ0) is 15.2. The average Bonchev–Trinajstić information content (AvgIpc) is 2.49. The molecule has 0 aliphatic carbocycles. The van der Waals surface area contributed by atoms with Crippen LogP contribution in [-0.4, -0.2) is 25.1 Å². The van der Waals surface area contributed by atoms with Crippen molar-refractivity contribution in [2.75, 3.05) is 25.0 Å². The molecule has 0 spiro atoms. The molecule has 0 unspecified atom stereocenters. The molecule has 21 heavy (non-hydrogen) atoms. The number of anilines is 1. The topological polar surface area (TPSA) is 28.2 Å². The van der Waals surface area contributed by atoms with E-state index >= 15 is 0 Å². The summed E-state index contributed by atoms with van der Waals surface area (Å²) in [7, 11) is 2.15.